The second kappa shape index (κ2) is 11.0. The lowest BCUT2D eigenvalue weighted by Crippen LogP contribution is -2.30. The Hall–Kier alpha value is -4.38. The third kappa shape index (κ3) is 6.11. The first-order chi connectivity index (χ1) is 16.6. The molecule has 170 valence electrons. The van der Waals surface area contributed by atoms with Crippen molar-refractivity contribution in [2.45, 2.75) is 19.6 Å². The van der Waals surface area contributed by atoms with Gasteiger partial charge < -0.3 is 15.4 Å². The maximum atomic E-state index is 12.6. The molecule has 2 amide bonds. The van der Waals surface area contributed by atoms with Crippen LogP contribution in [0.15, 0.2) is 109 Å². The lowest BCUT2D eigenvalue weighted by atomic mass is 10.1. The SMILES string of the molecule is CC(Oc1ccc(-c2ccccc2)cc1)C(=O)Nc1ccc(C(=O)NCc2ccccc2)cc1. The van der Waals surface area contributed by atoms with E-state index in [1.807, 2.05) is 84.9 Å². The zero-order chi connectivity index (χ0) is 23.8. The average molecular weight is 451 g/mol. The van der Waals surface area contributed by atoms with Crippen LogP contribution in [0.2, 0.25) is 0 Å². The fourth-order valence-corrected chi connectivity index (χ4v) is 3.44. The molecule has 4 aromatic carbocycles. The zero-order valence-corrected chi connectivity index (χ0v) is 18.9. The summed E-state index contributed by atoms with van der Waals surface area (Å²) in [5.41, 5.74) is 4.36. The minimum Gasteiger partial charge on any atom is -0.481 e. The molecule has 0 aromatic heterocycles. The maximum Gasteiger partial charge on any atom is 0.265 e. The van der Waals surface area contributed by atoms with Gasteiger partial charge in [0.25, 0.3) is 11.8 Å². The molecular formula is C29H26N2O3. The number of nitrogens with one attached hydrogen (secondary N) is 2. The highest BCUT2D eigenvalue weighted by Crippen LogP contribution is 2.23. The Morgan fingerprint density at radius 2 is 1.32 bits per heavy atom. The predicted octanol–water partition coefficient (Wildman–Crippen LogP) is 5.69. The number of amides is 2. The fourth-order valence-electron chi connectivity index (χ4n) is 3.44. The predicted molar refractivity (Wildman–Crippen MR) is 135 cm³/mol. The van der Waals surface area contributed by atoms with Gasteiger partial charge in [-0.15, -0.1) is 0 Å². The molecule has 0 saturated heterocycles. The minimum atomic E-state index is -0.684. The van der Waals surface area contributed by atoms with Crippen molar-refractivity contribution >= 4 is 17.5 Å². The van der Waals surface area contributed by atoms with Crippen LogP contribution in [0.4, 0.5) is 5.69 Å². The van der Waals surface area contributed by atoms with E-state index in [0.29, 0.717) is 23.5 Å². The van der Waals surface area contributed by atoms with E-state index in [2.05, 4.69) is 10.6 Å². The van der Waals surface area contributed by atoms with Crippen LogP contribution in [0.5, 0.6) is 5.75 Å². The summed E-state index contributed by atoms with van der Waals surface area (Å²) in [7, 11) is 0. The summed E-state index contributed by atoms with van der Waals surface area (Å²) in [5.74, 6) is 0.179. The van der Waals surface area contributed by atoms with E-state index in [1.165, 1.54) is 0 Å². The van der Waals surface area contributed by atoms with Crippen LogP contribution in [0.1, 0.15) is 22.8 Å². The molecule has 1 unspecified atom stereocenters. The van der Waals surface area contributed by atoms with Crippen LogP contribution >= 0.6 is 0 Å². The van der Waals surface area contributed by atoms with Crippen molar-refractivity contribution in [1.82, 2.24) is 5.32 Å². The Labute approximate surface area is 199 Å². The Morgan fingerprint density at radius 1 is 0.735 bits per heavy atom. The molecule has 5 heteroatoms. The third-order valence-electron chi connectivity index (χ3n) is 5.35. The van der Waals surface area contributed by atoms with E-state index in [0.717, 1.165) is 16.7 Å². The van der Waals surface area contributed by atoms with Crippen LogP contribution in [0.25, 0.3) is 11.1 Å². The van der Waals surface area contributed by atoms with Crippen molar-refractivity contribution < 1.29 is 14.3 Å². The molecule has 0 fully saturated rings. The van der Waals surface area contributed by atoms with Crippen molar-refractivity contribution in [3.63, 3.8) is 0 Å². The first kappa shape index (κ1) is 22.8. The Morgan fingerprint density at radius 3 is 1.97 bits per heavy atom. The number of benzene rings is 4. The number of ether oxygens (including phenoxy) is 1. The van der Waals surface area contributed by atoms with E-state index in [4.69, 9.17) is 4.74 Å². The van der Waals surface area contributed by atoms with Crippen molar-refractivity contribution in [2.24, 2.45) is 0 Å². The molecular weight excluding hydrogens is 424 g/mol. The molecule has 0 aliphatic rings. The van der Waals surface area contributed by atoms with E-state index < -0.39 is 6.10 Å². The van der Waals surface area contributed by atoms with Gasteiger partial charge >= 0.3 is 0 Å². The first-order valence-corrected chi connectivity index (χ1v) is 11.1. The van der Waals surface area contributed by atoms with Gasteiger partial charge in [0.15, 0.2) is 6.10 Å². The monoisotopic (exact) mass is 450 g/mol. The number of rotatable bonds is 8. The first-order valence-electron chi connectivity index (χ1n) is 11.1. The van der Waals surface area contributed by atoms with Gasteiger partial charge in [-0.1, -0.05) is 72.8 Å². The van der Waals surface area contributed by atoms with Gasteiger partial charge in [0.05, 0.1) is 0 Å². The Bertz CT molecular complexity index is 1220. The summed E-state index contributed by atoms with van der Waals surface area (Å²) in [6.45, 7) is 2.16. The highest BCUT2D eigenvalue weighted by atomic mass is 16.5. The standard InChI is InChI=1S/C29H26N2O3/c1-21(34-27-18-14-24(15-19-27)23-10-6-3-7-11-23)28(32)31-26-16-12-25(13-17-26)29(33)30-20-22-8-4-2-5-9-22/h2-19,21H,20H2,1H3,(H,30,33)(H,31,32). The molecule has 2 N–H and O–H groups in total. The smallest absolute Gasteiger partial charge is 0.265 e. The molecule has 34 heavy (non-hydrogen) atoms. The van der Waals surface area contributed by atoms with Crippen molar-refractivity contribution in [2.75, 3.05) is 5.32 Å². The largest absolute Gasteiger partial charge is 0.481 e. The zero-order valence-electron chi connectivity index (χ0n) is 18.9. The summed E-state index contributed by atoms with van der Waals surface area (Å²) in [4.78, 5) is 24.9. The molecule has 0 heterocycles. The summed E-state index contributed by atoms with van der Waals surface area (Å²) in [6, 6.07) is 34.2. The van der Waals surface area contributed by atoms with Gasteiger partial charge in [0.1, 0.15) is 5.75 Å². The lowest BCUT2D eigenvalue weighted by Gasteiger charge is -2.15. The molecule has 5 nitrogen and oxygen atoms in total. The molecule has 0 aliphatic heterocycles. The number of carbonyl (C=O) groups excluding carboxylic acids is 2. The van der Waals surface area contributed by atoms with Crippen LogP contribution in [-0.4, -0.2) is 17.9 Å². The van der Waals surface area contributed by atoms with Crippen LogP contribution < -0.4 is 15.4 Å². The Balaban J connectivity index is 1.28. The summed E-state index contributed by atoms with van der Waals surface area (Å²) in [5, 5.41) is 5.72. The topological polar surface area (TPSA) is 67.4 Å². The highest BCUT2D eigenvalue weighted by Gasteiger charge is 2.15. The second-order valence-corrected chi connectivity index (χ2v) is 7.89. The number of anilines is 1. The van der Waals surface area contributed by atoms with Gasteiger partial charge in [-0.2, -0.15) is 0 Å². The molecule has 0 aliphatic carbocycles. The average Bonchev–Trinajstić information content (AvgIpc) is 2.89. The molecule has 1 atom stereocenters. The van der Waals surface area contributed by atoms with Crippen LogP contribution in [0, 0.1) is 0 Å². The normalized spacial score (nSPS) is 11.3. The van der Waals surface area contributed by atoms with Gasteiger partial charge in [-0.25, -0.2) is 0 Å². The lowest BCUT2D eigenvalue weighted by molar-refractivity contribution is -0.122. The molecule has 4 rings (SSSR count). The summed E-state index contributed by atoms with van der Waals surface area (Å²) < 4.78 is 5.80. The van der Waals surface area contributed by atoms with E-state index in [1.54, 1.807) is 31.2 Å². The molecule has 0 saturated carbocycles. The molecule has 0 spiro atoms. The molecule has 0 bridgehead atoms. The number of hydrogen-bond acceptors (Lipinski definition) is 3. The Kier molecular flexibility index (Phi) is 7.35. The third-order valence-corrected chi connectivity index (χ3v) is 5.35. The van der Waals surface area contributed by atoms with Crippen molar-refractivity contribution in [1.29, 1.82) is 0 Å². The van der Waals surface area contributed by atoms with Crippen LogP contribution in [-0.2, 0) is 11.3 Å². The van der Waals surface area contributed by atoms with E-state index in [-0.39, 0.29) is 11.8 Å². The van der Waals surface area contributed by atoms with E-state index in [9.17, 15) is 9.59 Å². The maximum absolute atomic E-state index is 12.6. The van der Waals surface area contributed by atoms with Crippen molar-refractivity contribution in [3.05, 3.63) is 120 Å². The van der Waals surface area contributed by atoms with Gasteiger partial charge in [0.2, 0.25) is 0 Å². The van der Waals surface area contributed by atoms with Gasteiger partial charge in [-0.05, 0) is 60.0 Å². The minimum absolute atomic E-state index is 0.169. The summed E-state index contributed by atoms with van der Waals surface area (Å²) >= 11 is 0. The quantitative estimate of drug-likeness (QED) is 0.362. The fraction of sp³-hybridized carbons (Fsp3) is 0.103. The van der Waals surface area contributed by atoms with E-state index >= 15 is 0 Å². The number of hydrogen-bond donors (Lipinski definition) is 2. The molecule has 4 aromatic rings. The summed E-state index contributed by atoms with van der Waals surface area (Å²) in [6.07, 6.45) is -0.684. The van der Waals surface area contributed by atoms with Crippen LogP contribution in [0.3, 0.4) is 0 Å². The highest BCUT2D eigenvalue weighted by molar-refractivity contribution is 5.96. The number of carbonyl (C=O) groups is 2. The van der Waals surface area contributed by atoms with Gasteiger partial charge in [0, 0.05) is 17.8 Å². The molecule has 0 radical (unpaired) electrons. The van der Waals surface area contributed by atoms with Crippen molar-refractivity contribution in [3.8, 4) is 16.9 Å². The van der Waals surface area contributed by atoms with Gasteiger partial charge in [-0.3, -0.25) is 9.59 Å². The second-order valence-electron chi connectivity index (χ2n) is 7.89.